The smallest absolute Gasteiger partial charge is 0.276 e. The predicted molar refractivity (Wildman–Crippen MR) is 82.6 cm³/mol. The normalized spacial score (nSPS) is 13.7. The number of hydrogen-bond donors (Lipinski definition) is 1. The Morgan fingerprint density at radius 1 is 1.14 bits per heavy atom. The molecule has 1 saturated heterocycles. The van der Waals surface area contributed by atoms with Gasteiger partial charge in [0.25, 0.3) is 5.91 Å². The summed E-state index contributed by atoms with van der Waals surface area (Å²) in [5.41, 5.74) is 1.12. The Labute approximate surface area is 128 Å². The van der Waals surface area contributed by atoms with Gasteiger partial charge in [-0.05, 0) is 37.1 Å². The van der Waals surface area contributed by atoms with Crippen LogP contribution in [0.3, 0.4) is 0 Å². The summed E-state index contributed by atoms with van der Waals surface area (Å²) in [6.45, 7) is 1.96. The Morgan fingerprint density at radius 2 is 1.91 bits per heavy atom. The zero-order valence-corrected chi connectivity index (χ0v) is 12.0. The van der Waals surface area contributed by atoms with Crippen molar-refractivity contribution in [2.24, 2.45) is 0 Å². The number of aromatic nitrogens is 2. The Hall–Kier alpha value is -2.94. The van der Waals surface area contributed by atoms with Crippen molar-refractivity contribution in [1.82, 2.24) is 10.2 Å². The first-order valence-electron chi connectivity index (χ1n) is 7.17. The van der Waals surface area contributed by atoms with Crippen LogP contribution < -0.4 is 10.2 Å². The van der Waals surface area contributed by atoms with Crippen molar-refractivity contribution in [2.45, 2.75) is 12.8 Å². The van der Waals surface area contributed by atoms with Crippen LogP contribution in [0.1, 0.15) is 28.9 Å². The first-order valence-corrected chi connectivity index (χ1v) is 7.17. The fourth-order valence-corrected chi connectivity index (χ4v) is 2.44. The third kappa shape index (κ3) is 2.88. The molecule has 22 heavy (non-hydrogen) atoms. The molecule has 6 heteroatoms. The number of benzene rings is 1. The van der Waals surface area contributed by atoms with Crippen molar-refractivity contribution in [3.05, 3.63) is 47.7 Å². The van der Waals surface area contributed by atoms with Crippen LogP contribution in [0.5, 0.6) is 0 Å². The largest absolute Gasteiger partial charge is 0.355 e. The van der Waals surface area contributed by atoms with E-state index < -0.39 is 0 Å². The summed E-state index contributed by atoms with van der Waals surface area (Å²) in [4.78, 5) is 14.3. The summed E-state index contributed by atoms with van der Waals surface area (Å²) >= 11 is 0. The van der Waals surface area contributed by atoms with E-state index in [1.165, 1.54) is 0 Å². The Morgan fingerprint density at radius 3 is 2.59 bits per heavy atom. The number of hydrogen-bond acceptors (Lipinski definition) is 5. The Bertz CT molecular complexity index is 714. The molecular weight excluding hydrogens is 278 g/mol. The first-order chi connectivity index (χ1) is 10.8. The van der Waals surface area contributed by atoms with Gasteiger partial charge in [0.15, 0.2) is 11.5 Å². The maximum atomic E-state index is 12.2. The van der Waals surface area contributed by atoms with Gasteiger partial charge >= 0.3 is 0 Å². The van der Waals surface area contributed by atoms with E-state index in [1.807, 2.05) is 12.1 Å². The molecule has 0 atom stereocenters. The molecule has 0 spiro atoms. The van der Waals surface area contributed by atoms with E-state index in [0.29, 0.717) is 11.3 Å². The van der Waals surface area contributed by atoms with E-state index >= 15 is 0 Å². The van der Waals surface area contributed by atoms with Crippen LogP contribution in [0.15, 0.2) is 36.4 Å². The van der Waals surface area contributed by atoms with Gasteiger partial charge in [-0.25, -0.2) is 0 Å². The summed E-state index contributed by atoms with van der Waals surface area (Å²) in [5.74, 6) is 0.426. The molecule has 2 heterocycles. The highest BCUT2D eigenvalue weighted by Crippen LogP contribution is 2.18. The van der Waals surface area contributed by atoms with Crippen LogP contribution in [0.4, 0.5) is 11.5 Å². The van der Waals surface area contributed by atoms with Crippen molar-refractivity contribution in [3.8, 4) is 6.07 Å². The van der Waals surface area contributed by atoms with Gasteiger partial charge < -0.3 is 10.2 Å². The van der Waals surface area contributed by atoms with E-state index in [1.54, 1.807) is 30.3 Å². The number of amides is 1. The second-order valence-corrected chi connectivity index (χ2v) is 5.08. The van der Waals surface area contributed by atoms with Gasteiger partial charge in [0.2, 0.25) is 0 Å². The molecule has 3 rings (SSSR count). The topological polar surface area (TPSA) is 81.9 Å². The third-order valence-corrected chi connectivity index (χ3v) is 3.61. The standard InChI is InChI=1S/C16H15N5O/c17-11-12-5-1-2-6-13(12)18-16(22)14-7-8-15(20-19-14)21-9-3-4-10-21/h1-2,5-8H,3-4,9-10H2,(H,18,22). The monoisotopic (exact) mass is 293 g/mol. The van der Waals surface area contributed by atoms with Crippen LogP contribution in [-0.2, 0) is 0 Å². The summed E-state index contributed by atoms with van der Waals surface area (Å²) in [5, 5.41) is 19.8. The van der Waals surface area contributed by atoms with Crippen molar-refractivity contribution in [2.75, 3.05) is 23.3 Å². The Balaban J connectivity index is 1.73. The maximum Gasteiger partial charge on any atom is 0.276 e. The van der Waals surface area contributed by atoms with Gasteiger partial charge in [-0.2, -0.15) is 5.26 Å². The van der Waals surface area contributed by atoms with Crippen LogP contribution in [0, 0.1) is 11.3 Å². The van der Waals surface area contributed by atoms with Crippen LogP contribution in [0.25, 0.3) is 0 Å². The lowest BCUT2D eigenvalue weighted by molar-refractivity contribution is 0.102. The molecule has 1 fully saturated rings. The molecule has 1 aromatic heterocycles. The van der Waals surface area contributed by atoms with Crippen LogP contribution >= 0.6 is 0 Å². The van der Waals surface area contributed by atoms with E-state index in [-0.39, 0.29) is 11.6 Å². The van der Waals surface area contributed by atoms with Gasteiger partial charge in [0, 0.05) is 13.1 Å². The number of carbonyl (C=O) groups excluding carboxylic acids is 1. The van der Waals surface area contributed by atoms with Gasteiger partial charge in [-0.15, -0.1) is 10.2 Å². The van der Waals surface area contributed by atoms with E-state index in [9.17, 15) is 4.79 Å². The second-order valence-electron chi connectivity index (χ2n) is 5.08. The van der Waals surface area contributed by atoms with E-state index in [4.69, 9.17) is 5.26 Å². The number of rotatable bonds is 3. The van der Waals surface area contributed by atoms with E-state index in [0.717, 1.165) is 31.7 Å². The molecule has 1 aromatic carbocycles. The number of nitrogens with zero attached hydrogens (tertiary/aromatic N) is 4. The SMILES string of the molecule is N#Cc1ccccc1NC(=O)c1ccc(N2CCCC2)nn1. The lowest BCUT2D eigenvalue weighted by atomic mass is 10.2. The van der Waals surface area contributed by atoms with Crippen molar-refractivity contribution in [3.63, 3.8) is 0 Å². The number of carbonyl (C=O) groups is 1. The number of nitriles is 1. The molecule has 0 unspecified atom stereocenters. The lowest BCUT2D eigenvalue weighted by Gasteiger charge is -2.15. The molecule has 0 bridgehead atoms. The quantitative estimate of drug-likeness (QED) is 0.938. The van der Waals surface area contributed by atoms with Gasteiger partial charge in [0.05, 0.1) is 11.3 Å². The minimum atomic E-state index is -0.372. The van der Waals surface area contributed by atoms with Gasteiger partial charge in [-0.1, -0.05) is 12.1 Å². The van der Waals surface area contributed by atoms with Crippen molar-refractivity contribution in [1.29, 1.82) is 5.26 Å². The molecule has 6 nitrogen and oxygen atoms in total. The fraction of sp³-hybridized carbons (Fsp3) is 0.250. The molecular formula is C16H15N5O. The number of nitrogens with one attached hydrogen (secondary N) is 1. The predicted octanol–water partition coefficient (Wildman–Crippen LogP) is 2.20. The molecule has 1 amide bonds. The highest BCUT2D eigenvalue weighted by molar-refractivity contribution is 6.03. The van der Waals surface area contributed by atoms with Crippen LogP contribution in [-0.4, -0.2) is 29.2 Å². The molecule has 2 aromatic rings. The Kier molecular flexibility index (Phi) is 3.97. The average Bonchev–Trinajstić information content (AvgIpc) is 3.10. The zero-order chi connectivity index (χ0) is 15.4. The third-order valence-electron chi connectivity index (χ3n) is 3.61. The number of para-hydroxylation sites is 1. The van der Waals surface area contributed by atoms with Gasteiger partial charge in [0.1, 0.15) is 6.07 Å². The minimum absolute atomic E-state index is 0.232. The summed E-state index contributed by atoms with van der Waals surface area (Å²) in [7, 11) is 0. The summed E-state index contributed by atoms with van der Waals surface area (Å²) < 4.78 is 0. The molecule has 1 aliphatic rings. The number of anilines is 2. The molecule has 0 aliphatic carbocycles. The fourth-order valence-electron chi connectivity index (χ4n) is 2.44. The molecule has 1 N–H and O–H groups in total. The zero-order valence-electron chi connectivity index (χ0n) is 12.0. The first kappa shape index (κ1) is 14.0. The average molecular weight is 293 g/mol. The van der Waals surface area contributed by atoms with Crippen molar-refractivity contribution < 1.29 is 4.79 Å². The van der Waals surface area contributed by atoms with Gasteiger partial charge in [-0.3, -0.25) is 4.79 Å². The molecule has 0 radical (unpaired) electrons. The van der Waals surface area contributed by atoms with Crippen molar-refractivity contribution >= 4 is 17.4 Å². The molecule has 110 valence electrons. The minimum Gasteiger partial charge on any atom is -0.355 e. The highest BCUT2D eigenvalue weighted by atomic mass is 16.1. The lowest BCUT2D eigenvalue weighted by Crippen LogP contribution is -2.21. The summed E-state index contributed by atoms with van der Waals surface area (Å²) in [6, 6.07) is 12.4. The van der Waals surface area contributed by atoms with E-state index in [2.05, 4.69) is 20.4 Å². The summed E-state index contributed by atoms with van der Waals surface area (Å²) in [6.07, 6.45) is 2.32. The van der Waals surface area contributed by atoms with Crippen LogP contribution in [0.2, 0.25) is 0 Å². The second kappa shape index (κ2) is 6.22. The molecule has 0 saturated carbocycles. The molecule has 1 aliphatic heterocycles. The maximum absolute atomic E-state index is 12.2. The highest BCUT2D eigenvalue weighted by Gasteiger charge is 2.15.